The highest BCUT2D eigenvalue weighted by atomic mass is 79.9. The van der Waals surface area contributed by atoms with Crippen LogP contribution in [0, 0.1) is 5.92 Å². The third-order valence-electron chi connectivity index (χ3n) is 5.18. The minimum absolute atomic E-state index is 0.0357. The van der Waals surface area contributed by atoms with Crippen LogP contribution in [0.3, 0.4) is 0 Å². The molecule has 6 nitrogen and oxygen atoms in total. The molecule has 2 heterocycles. The summed E-state index contributed by atoms with van der Waals surface area (Å²) in [4.78, 5) is 15.2. The zero-order valence-corrected chi connectivity index (χ0v) is 17.7. The van der Waals surface area contributed by atoms with E-state index in [2.05, 4.69) is 15.9 Å². The van der Waals surface area contributed by atoms with Crippen molar-refractivity contribution in [1.29, 1.82) is 0 Å². The number of ether oxygens (including phenoxy) is 1. The Labute approximate surface area is 173 Å². The second-order valence-corrected chi connectivity index (χ2v) is 9.82. The summed E-state index contributed by atoms with van der Waals surface area (Å²) in [5.74, 6) is 0.300. The van der Waals surface area contributed by atoms with Crippen molar-refractivity contribution >= 4 is 37.5 Å². The van der Waals surface area contributed by atoms with Crippen molar-refractivity contribution in [3.05, 3.63) is 53.0 Å². The van der Waals surface area contributed by atoms with E-state index >= 15 is 0 Å². The number of amides is 1. The average Bonchev–Trinajstić information content (AvgIpc) is 2.73. The minimum Gasteiger partial charge on any atom is -0.490 e. The van der Waals surface area contributed by atoms with Crippen LogP contribution in [0.4, 0.5) is 5.69 Å². The highest BCUT2D eigenvalue weighted by Crippen LogP contribution is 2.33. The standard InChI is InChI=1S/C20H21BrN2O4S/c21-16-7-9-17(10-8-16)28(25,26)22-11-3-4-15(14-22)20(24)23-12-13-27-19-6-2-1-5-18(19)23/h1-2,5-10,15H,3-4,11-14H2/t15-/m1/s1. The van der Waals surface area contributed by atoms with Crippen molar-refractivity contribution in [2.45, 2.75) is 17.7 Å². The molecule has 0 unspecified atom stereocenters. The molecule has 0 aromatic heterocycles. The van der Waals surface area contributed by atoms with Gasteiger partial charge in [-0.2, -0.15) is 4.31 Å². The highest BCUT2D eigenvalue weighted by Gasteiger charge is 2.36. The van der Waals surface area contributed by atoms with Gasteiger partial charge in [0.05, 0.1) is 23.0 Å². The van der Waals surface area contributed by atoms with E-state index in [1.807, 2.05) is 24.3 Å². The second kappa shape index (κ2) is 7.85. The molecule has 8 heteroatoms. The Hall–Kier alpha value is -1.90. The van der Waals surface area contributed by atoms with Gasteiger partial charge >= 0.3 is 0 Å². The smallest absolute Gasteiger partial charge is 0.243 e. The molecule has 28 heavy (non-hydrogen) atoms. The Morgan fingerprint density at radius 1 is 1.07 bits per heavy atom. The van der Waals surface area contributed by atoms with E-state index in [1.54, 1.807) is 29.2 Å². The molecule has 4 rings (SSSR count). The zero-order valence-electron chi connectivity index (χ0n) is 15.3. The largest absolute Gasteiger partial charge is 0.490 e. The molecule has 2 aromatic carbocycles. The predicted molar refractivity (Wildman–Crippen MR) is 110 cm³/mol. The summed E-state index contributed by atoms with van der Waals surface area (Å²) in [7, 11) is -3.62. The number of anilines is 1. The summed E-state index contributed by atoms with van der Waals surface area (Å²) in [6.07, 6.45) is 1.35. The van der Waals surface area contributed by atoms with Crippen LogP contribution in [-0.4, -0.2) is 44.9 Å². The first-order chi connectivity index (χ1) is 13.5. The van der Waals surface area contributed by atoms with Crippen molar-refractivity contribution in [2.24, 2.45) is 5.92 Å². The van der Waals surface area contributed by atoms with Gasteiger partial charge in [-0.25, -0.2) is 8.42 Å². The number of carbonyl (C=O) groups is 1. The molecular formula is C20H21BrN2O4S. The van der Waals surface area contributed by atoms with Crippen LogP contribution in [0.1, 0.15) is 12.8 Å². The monoisotopic (exact) mass is 464 g/mol. The Kier molecular flexibility index (Phi) is 5.44. The van der Waals surface area contributed by atoms with Gasteiger partial charge < -0.3 is 9.64 Å². The Bertz CT molecular complexity index is 978. The Morgan fingerprint density at radius 2 is 1.82 bits per heavy atom. The van der Waals surface area contributed by atoms with Crippen LogP contribution in [0.15, 0.2) is 57.9 Å². The number of rotatable bonds is 3. The molecule has 1 amide bonds. The molecule has 148 valence electrons. The van der Waals surface area contributed by atoms with Gasteiger partial charge in [-0.15, -0.1) is 0 Å². The van der Waals surface area contributed by atoms with E-state index in [-0.39, 0.29) is 23.3 Å². The lowest BCUT2D eigenvalue weighted by molar-refractivity contribution is -0.123. The first-order valence-electron chi connectivity index (χ1n) is 9.26. The van der Waals surface area contributed by atoms with Crippen LogP contribution >= 0.6 is 15.9 Å². The molecule has 1 saturated heterocycles. The fraction of sp³-hybridized carbons (Fsp3) is 0.350. The quantitative estimate of drug-likeness (QED) is 0.698. The number of hydrogen-bond acceptors (Lipinski definition) is 4. The van der Waals surface area contributed by atoms with Gasteiger partial charge in [0.15, 0.2) is 0 Å². The summed E-state index contributed by atoms with van der Waals surface area (Å²) in [5, 5.41) is 0. The summed E-state index contributed by atoms with van der Waals surface area (Å²) < 4.78 is 33.9. The van der Waals surface area contributed by atoms with Crippen LogP contribution < -0.4 is 9.64 Å². The van der Waals surface area contributed by atoms with Gasteiger partial charge in [-0.1, -0.05) is 28.1 Å². The molecule has 0 N–H and O–H groups in total. The third-order valence-corrected chi connectivity index (χ3v) is 7.59. The van der Waals surface area contributed by atoms with Crippen molar-refractivity contribution in [3.8, 4) is 5.75 Å². The van der Waals surface area contributed by atoms with Gasteiger partial charge in [-0.3, -0.25) is 4.79 Å². The maximum atomic E-state index is 13.2. The second-order valence-electron chi connectivity index (χ2n) is 6.96. The number of sulfonamides is 1. The summed E-state index contributed by atoms with van der Waals surface area (Å²) in [5.41, 5.74) is 0.756. The van der Waals surface area contributed by atoms with Gasteiger partial charge in [0.25, 0.3) is 0 Å². The van der Waals surface area contributed by atoms with E-state index in [4.69, 9.17) is 4.74 Å². The van der Waals surface area contributed by atoms with Crippen molar-refractivity contribution in [1.82, 2.24) is 4.31 Å². The Morgan fingerprint density at radius 3 is 2.61 bits per heavy atom. The number of hydrogen-bond donors (Lipinski definition) is 0. The molecule has 2 aliphatic heterocycles. The SMILES string of the molecule is O=C([C@@H]1CCCN(S(=O)(=O)c2ccc(Br)cc2)C1)N1CCOc2ccccc21. The molecule has 0 radical (unpaired) electrons. The molecule has 2 aliphatic rings. The lowest BCUT2D eigenvalue weighted by atomic mass is 9.97. The average molecular weight is 465 g/mol. The molecule has 2 aromatic rings. The molecular weight excluding hydrogens is 444 g/mol. The summed E-state index contributed by atoms with van der Waals surface area (Å²) in [6, 6.07) is 14.1. The number of piperidine rings is 1. The number of benzene rings is 2. The van der Waals surface area contributed by atoms with Crippen LogP contribution in [0.25, 0.3) is 0 Å². The molecule has 0 spiro atoms. The number of halogens is 1. The van der Waals surface area contributed by atoms with E-state index in [0.717, 1.165) is 10.2 Å². The minimum atomic E-state index is -3.62. The van der Waals surface area contributed by atoms with E-state index < -0.39 is 10.0 Å². The van der Waals surface area contributed by atoms with Crippen molar-refractivity contribution in [3.63, 3.8) is 0 Å². The lowest BCUT2D eigenvalue weighted by Gasteiger charge is -2.36. The number of nitrogens with zero attached hydrogens (tertiary/aromatic N) is 2. The van der Waals surface area contributed by atoms with Crippen LogP contribution in [0.5, 0.6) is 5.75 Å². The highest BCUT2D eigenvalue weighted by molar-refractivity contribution is 9.10. The van der Waals surface area contributed by atoms with E-state index in [1.165, 1.54) is 4.31 Å². The fourth-order valence-corrected chi connectivity index (χ4v) is 5.52. The topological polar surface area (TPSA) is 66.9 Å². The third kappa shape index (κ3) is 3.68. The molecule has 0 saturated carbocycles. The maximum Gasteiger partial charge on any atom is 0.243 e. The van der Waals surface area contributed by atoms with Gasteiger partial charge in [0, 0.05) is 17.6 Å². The lowest BCUT2D eigenvalue weighted by Crippen LogP contribution is -2.48. The molecule has 1 atom stereocenters. The van der Waals surface area contributed by atoms with Crippen LogP contribution in [0.2, 0.25) is 0 Å². The number of para-hydroxylation sites is 2. The van der Waals surface area contributed by atoms with Gasteiger partial charge in [0.2, 0.25) is 15.9 Å². The molecule has 0 aliphatic carbocycles. The summed E-state index contributed by atoms with van der Waals surface area (Å²) >= 11 is 3.33. The summed E-state index contributed by atoms with van der Waals surface area (Å²) in [6.45, 7) is 1.56. The van der Waals surface area contributed by atoms with Crippen molar-refractivity contribution < 1.29 is 17.9 Å². The van der Waals surface area contributed by atoms with E-state index in [0.29, 0.717) is 38.3 Å². The Balaban J connectivity index is 1.54. The van der Waals surface area contributed by atoms with E-state index in [9.17, 15) is 13.2 Å². The predicted octanol–water partition coefficient (Wildman–Crippen LogP) is 3.28. The molecule has 1 fully saturated rings. The van der Waals surface area contributed by atoms with Gasteiger partial charge in [-0.05, 0) is 49.2 Å². The normalized spacial score (nSPS) is 20.3. The maximum absolute atomic E-state index is 13.2. The van der Waals surface area contributed by atoms with Gasteiger partial charge in [0.1, 0.15) is 12.4 Å². The zero-order chi connectivity index (χ0) is 19.7. The molecule has 0 bridgehead atoms. The van der Waals surface area contributed by atoms with Crippen LogP contribution in [-0.2, 0) is 14.8 Å². The van der Waals surface area contributed by atoms with Crippen molar-refractivity contribution in [2.75, 3.05) is 31.1 Å². The first kappa shape index (κ1) is 19.4. The number of carbonyl (C=O) groups excluding carboxylic acids is 1. The first-order valence-corrected chi connectivity index (χ1v) is 11.5. The fourth-order valence-electron chi connectivity index (χ4n) is 3.74. The number of fused-ring (bicyclic) bond motifs is 1.